The number of rotatable bonds is 14. The number of ether oxygens (including phenoxy) is 3. The number of carbonyl (C=O) groups excluding carboxylic acids is 1. The van der Waals surface area contributed by atoms with Gasteiger partial charge in [0.05, 0.1) is 45.9 Å². The number of nitrogens with zero attached hydrogens (tertiary/aromatic N) is 5. The minimum atomic E-state index is -4.02. The molecule has 62 heavy (non-hydrogen) atoms. The fourth-order valence-corrected chi connectivity index (χ4v) is 8.10. The highest BCUT2D eigenvalue weighted by Gasteiger charge is 2.30. The number of hydrogen-bond donors (Lipinski definition) is 2. The Morgan fingerprint density at radius 3 is 2.29 bits per heavy atom. The molecule has 0 saturated heterocycles. The third-order valence-electron chi connectivity index (χ3n) is 9.55. The summed E-state index contributed by atoms with van der Waals surface area (Å²) in [5, 5.41) is 7.54. The highest BCUT2D eigenvalue weighted by atomic mass is 35.5. The molecule has 1 atom stereocenters. The van der Waals surface area contributed by atoms with E-state index in [0.717, 1.165) is 23.3 Å². The summed E-state index contributed by atoms with van der Waals surface area (Å²) in [5.41, 5.74) is 0.390. The van der Waals surface area contributed by atoms with Crippen molar-refractivity contribution in [1.82, 2.24) is 29.6 Å². The second kappa shape index (κ2) is 17.8. The third-order valence-corrected chi connectivity index (χ3v) is 11.1. The van der Waals surface area contributed by atoms with E-state index in [1.165, 1.54) is 40.6 Å². The second-order valence-corrected chi connectivity index (χ2v) is 17.6. The Balaban J connectivity index is 1.38. The normalized spacial score (nSPS) is 12.3. The van der Waals surface area contributed by atoms with Crippen LogP contribution in [0.5, 0.6) is 11.6 Å². The Morgan fingerprint density at radius 1 is 0.903 bits per heavy atom. The van der Waals surface area contributed by atoms with Crippen LogP contribution in [0.3, 0.4) is 0 Å². The monoisotopic (exact) mass is 885 g/mol. The average Bonchev–Trinajstić information content (AvgIpc) is 3.54. The van der Waals surface area contributed by atoms with Gasteiger partial charge in [0, 0.05) is 25.6 Å². The number of anilines is 1. The smallest absolute Gasteiger partial charge is 0.408 e. The largest absolute Gasteiger partial charge is 0.497 e. The molecule has 0 aliphatic carbocycles. The molecule has 0 aliphatic rings. The number of alkyl carbamates (subject to hydrolysis) is 1. The van der Waals surface area contributed by atoms with Crippen molar-refractivity contribution in [2.75, 3.05) is 17.6 Å². The molecule has 322 valence electrons. The van der Waals surface area contributed by atoms with Crippen LogP contribution in [0.1, 0.15) is 49.3 Å². The van der Waals surface area contributed by atoms with Crippen molar-refractivity contribution in [3.63, 3.8) is 0 Å². The van der Waals surface area contributed by atoms with Crippen molar-refractivity contribution in [1.29, 1.82) is 0 Å². The zero-order valence-electron chi connectivity index (χ0n) is 34.3. The Bertz CT molecular complexity index is 2940. The van der Waals surface area contributed by atoms with Gasteiger partial charge in [0.25, 0.3) is 5.56 Å². The lowest BCUT2D eigenvalue weighted by Crippen LogP contribution is -2.39. The van der Waals surface area contributed by atoms with Crippen LogP contribution in [0, 0.1) is 11.6 Å². The van der Waals surface area contributed by atoms with Crippen LogP contribution in [0.15, 0.2) is 102 Å². The summed E-state index contributed by atoms with van der Waals surface area (Å²) < 4.78 is 78.2. The van der Waals surface area contributed by atoms with Crippen LogP contribution in [0.2, 0.25) is 5.02 Å². The molecule has 7 aromatic rings. The summed E-state index contributed by atoms with van der Waals surface area (Å²) in [5.74, 6) is -1.48. The highest BCUT2D eigenvalue weighted by Crippen LogP contribution is 2.36. The molecule has 3 aromatic heterocycles. The number of sulfonamides is 1. The molecule has 1 amide bonds. The van der Waals surface area contributed by atoms with Gasteiger partial charge in [-0.1, -0.05) is 54.1 Å². The summed E-state index contributed by atoms with van der Waals surface area (Å²) in [6.45, 7) is 5.14. The molecule has 2 N–H and O–H groups in total. The van der Waals surface area contributed by atoms with Gasteiger partial charge in [0.2, 0.25) is 15.9 Å². The Labute approximate surface area is 360 Å². The molecule has 0 bridgehead atoms. The summed E-state index contributed by atoms with van der Waals surface area (Å²) >= 11 is 6.79. The number of fused-ring (bicyclic) bond motifs is 2. The maximum atomic E-state index is 15.0. The summed E-state index contributed by atoms with van der Waals surface area (Å²) in [6.07, 6.45) is -1.02. The molecule has 14 nitrogen and oxygen atoms in total. The molecular weight excluding hydrogens is 844 g/mol. The van der Waals surface area contributed by atoms with E-state index in [4.69, 9.17) is 30.8 Å². The molecule has 7 rings (SSSR count). The minimum absolute atomic E-state index is 0.0401. The zero-order chi connectivity index (χ0) is 44.3. The van der Waals surface area contributed by atoms with Crippen LogP contribution in [0.25, 0.3) is 27.6 Å². The number of pyridine rings is 1. The first-order valence-electron chi connectivity index (χ1n) is 19.3. The lowest BCUT2D eigenvalue weighted by atomic mass is 10.0. The fraction of sp³-hybridized carbons (Fsp3) is 0.250. The lowest BCUT2D eigenvalue weighted by molar-refractivity contribution is 0.0500. The molecule has 0 radical (unpaired) electrons. The van der Waals surface area contributed by atoms with Gasteiger partial charge < -0.3 is 19.5 Å². The highest BCUT2D eigenvalue weighted by molar-refractivity contribution is 7.92. The van der Waals surface area contributed by atoms with Crippen LogP contribution in [-0.4, -0.2) is 57.3 Å². The van der Waals surface area contributed by atoms with Gasteiger partial charge in [-0.2, -0.15) is 10.1 Å². The minimum Gasteiger partial charge on any atom is -0.497 e. The van der Waals surface area contributed by atoms with E-state index in [9.17, 15) is 26.8 Å². The van der Waals surface area contributed by atoms with E-state index in [-0.39, 0.29) is 80.9 Å². The number of methoxy groups -OCH3 is 1. The topological polar surface area (TPSA) is 169 Å². The quantitative estimate of drug-likeness (QED) is 0.109. The fourth-order valence-electron chi connectivity index (χ4n) is 6.82. The number of aryl methyl sites for hydroxylation is 2. The van der Waals surface area contributed by atoms with Crippen molar-refractivity contribution in [3.05, 3.63) is 147 Å². The van der Waals surface area contributed by atoms with Crippen LogP contribution < -0.4 is 25.1 Å². The van der Waals surface area contributed by atoms with Gasteiger partial charge in [0.15, 0.2) is 11.5 Å². The van der Waals surface area contributed by atoms with Gasteiger partial charge in [-0.3, -0.25) is 18.8 Å². The first kappa shape index (κ1) is 43.5. The van der Waals surface area contributed by atoms with E-state index >= 15 is 0 Å². The Morgan fingerprint density at radius 2 is 1.61 bits per heavy atom. The summed E-state index contributed by atoms with van der Waals surface area (Å²) in [4.78, 5) is 37.9. The number of benzene rings is 4. The van der Waals surface area contributed by atoms with Crippen LogP contribution >= 0.6 is 11.6 Å². The van der Waals surface area contributed by atoms with Crippen molar-refractivity contribution in [2.45, 2.75) is 51.9 Å². The maximum Gasteiger partial charge on any atom is 0.408 e. The number of amides is 1. The number of nitrogens with one attached hydrogen (secondary N) is 2. The Kier molecular flexibility index (Phi) is 12.5. The number of carbonyl (C=O) groups is 1. The van der Waals surface area contributed by atoms with Crippen LogP contribution in [0.4, 0.5) is 19.4 Å². The van der Waals surface area contributed by atoms with Crippen molar-refractivity contribution >= 4 is 55.5 Å². The molecule has 0 spiro atoms. The van der Waals surface area contributed by atoms with Crippen molar-refractivity contribution < 1.29 is 36.2 Å². The van der Waals surface area contributed by atoms with E-state index in [1.807, 2.05) is 30.3 Å². The average molecular weight is 886 g/mol. The van der Waals surface area contributed by atoms with Gasteiger partial charge >= 0.3 is 6.09 Å². The predicted molar refractivity (Wildman–Crippen MR) is 231 cm³/mol. The van der Waals surface area contributed by atoms with Gasteiger partial charge in [-0.15, -0.1) is 0 Å². The number of halogens is 3. The van der Waals surface area contributed by atoms with E-state index < -0.39 is 45.0 Å². The van der Waals surface area contributed by atoms with E-state index in [1.54, 1.807) is 52.1 Å². The first-order valence-corrected chi connectivity index (χ1v) is 21.3. The maximum absolute atomic E-state index is 15.0. The lowest BCUT2D eigenvalue weighted by Gasteiger charge is -2.26. The molecule has 3 heterocycles. The van der Waals surface area contributed by atoms with Crippen LogP contribution in [-0.2, 0) is 41.3 Å². The number of hydrogen-bond acceptors (Lipinski definition) is 10. The molecule has 0 fully saturated rings. The summed E-state index contributed by atoms with van der Waals surface area (Å²) in [7, 11) is -0.936. The molecule has 0 saturated carbocycles. The zero-order valence-corrected chi connectivity index (χ0v) is 35.9. The van der Waals surface area contributed by atoms with Crippen molar-refractivity contribution in [2.24, 2.45) is 7.05 Å². The SMILES string of the molecule is COc1ccc(CCS(=O)(=O)Nc2nn(C)c3c(-n4c([C@H](Cc5cc(F)cc(F)c5)NC(=O)OC(C)(C)C)nc5nc(OCc6ccccc6)ccc5c4=O)ccc(Cl)c23)cc1. The molecular formula is C44H42ClF2N7O7S. The Hall–Kier alpha value is -6.59. The van der Waals surface area contributed by atoms with Gasteiger partial charge in [0.1, 0.15) is 35.4 Å². The van der Waals surface area contributed by atoms with E-state index in [2.05, 4.69) is 20.1 Å². The van der Waals surface area contributed by atoms with Gasteiger partial charge in [-0.25, -0.2) is 27.0 Å². The first-order chi connectivity index (χ1) is 29.5. The van der Waals surface area contributed by atoms with E-state index in [0.29, 0.717) is 11.8 Å². The molecule has 0 aliphatic heterocycles. The molecule has 18 heteroatoms. The predicted octanol–water partition coefficient (Wildman–Crippen LogP) is 7.98. The third kappa shape index (κ3) is 10.1. The summed E-state index contributed by atoms with van der Waals surface area (Å²) in [6, 6.07) is 24.0. The molecule has 0 unspecified atom stereocenters. The number of aromatic nitrogens is 5. The second-order valence-electron chi connectivity index (χ2n) is 15.4. The molecule has 4 aromatic carbocycles. The standard InChI is InChI=1S/C44H42ClF2N7O7S/c1-44(2,3)61-43(56)48-34(23-28-21-29(46)24-30(47)22-28)41-50-39-32(15-18-36(49-39)60-25-27-9-7-6-8-10-27)42(55)54(41)35-17-16-33(45)37-38(35)53(4)51-40(37)52-62(57,58)20-19-26-11-13-31(59-5)14-12-26/h6-18,21-22,24,34H,19-20,23,25H2,1-5H3,(H,48,56)(H,51,52)/t34-/m0/s1. The van der Waals surface area contributed by atoms with Crippen molar-refractivity contribution in [3.8, 4) is 17.3 Å². The van der Waals surface area contributed by atoms with Gasteiger partial charge in [-0.05, 0) is 86.3 Å².